The second-order valence-electron chi connectivity index (χ2n) is 8.15. The van der Waals surface area contributed by atoms with Gasteiger partial charge < -0.3 is 19.2 Å². The molecular weight excluding hydrogens is 523 g/mol. The minimum atomic E-state index is -4.72. The molecule has 0 bridgehead atoms. The van der Waals surface area contributed by atoms with Gasteiger partial charge in [-0.15, -0.1) is 0 Å². The zero-order valence-electron chi connectivity index (χ0n) is 20.4. The lowest BCUT2D eigenvalue weighted by Gasteiger charge is -2.18. The van der Waals surface area contributed by atoms with Gasteiger partial charge in [-0.05, 0) is 55.8 Å². The number of alkyl halides is 3. The number of carbonyl (C=O) groups is 1. The average molecular weight is 546 g/mol. The van der Waals surface area contributed by atoms with Gasteiger partial charge in [0.05, 0.1) is 30.8 Å². The number of nitrogens with one attached hydrogen (secondary N) is 1. The summed E-state index contributed by atoms with van der Waals surface area (Å²) < 4.78 is 58.6. The summed E-state index contributed by atoms with van der Waals surface area (Å²) in [6.07, 6.45) is -5.31. The number of rotatable bonds is 8. The van der Waals surface area contributed by atoms with Crippen molar-refractivity contribution < 1.29 is 31.9 Å². The molecule has 0 saturated heterocycles. The summed E-state index contributed by atoms with van der Waals surface area (Å²) in [4.78, 5) is 26.4. The molecule has 0 spiro atoms. The number of para-hydroxylation sites is 1. The topological polar surface area (TPSA) is 77.8 Å². The quantitative estimate of drug-likeness (QED) is 0.239. The van der Waals surface area contributed by atoms with Gasteiger partial charge in [-0.2, -0.15) is 13.2 Å². The van der Waals surface area contributed by atoms with Crippen LogP contribution in [0.5, 0.6) is 11.5 Å². The standard InChI is InChI=1S/C28H23ClF3NO5/c1-3-36-22-10-7-11-23(37-4-2)26(22)33-24(34)15-19-25(17-8-5-6-9-20(17)28(30,31)32)18-14-16(29)12-13-21(18)38-27(19)35/h5-14H,3-4,15H2,1-2H3,(H,33,34). The van der Waals surface area contributed by atoms with Crippen molar-refractivity contribution in [3.05, 3.63) is 87.2 Å². The first kappa shape index (κ1) is 27.1. The molecule has 3 aromatic carbocycles. The van der Waals surface area contributed by atoms with Crippen LogP contribution in [0.2, 0.25) is 5.02 Å². The van der Waals surface area contributed by atoms with Crippen molar-refractivity contribution >= 4 is 34.2 Å². The van der Waals surface area contributed by atoms with E-state index in [1.165, 1.54) is 36.4 Å². The number of amides is 1. The van der Waals surface area contributed by atoms with Gasteiger partial charge in [0.15, 0.2) is 0 Å². The summed E-state index contributed by atoms with van der Waals surface area (Å²) in [6.45, 7) is 4.17. The Hall–Kier alpha value is -3.98. The predicted octanol–water partition coefficient (Wildman–Crippen LogP) is 7.11. The van der Waals surface area contributed by atoms with Crippen LogP contribution >= 0.6 is 11.6 Å². The number of hydrogen-bond acceptors (Lipinski definition) is 5. The van der Waals surface area contributed by atoms with Gasteiger partial charge >= 0.3 is 11.8 Å². The number of halogens is 4. The Balaban J connectivity index is 1.88. The van der Waals surface area contributed by atoms with Crippen molar-refractivity contribution in [3.63, 3.8) is 0 Å². The first-order chi connectivity index (χ1) is 18.1. The van der Waals surface area contributed by atoms with E-state index in [1.54, 1.807) is 32.0 Å². The molecule has 0 aliphatic carbocycles. The van der Waals surface area contributed by atoms with Crippen LogP contribution in [0.1, 0.15) is 25.0 Å². The SMILES string of the molecule is CCOc1cccc(OCC)c1NC(=O)Cc1c(-c2ccccc2C(F)(F)F)c2cc(Cl)ccc2oc1=O. The van der Waals surface area contributed by atoms with Gasteiger partial charge in [-0.1, -0.05) is 35.9 Å². The fraction of sp³-hybridized carbons (Fsp3) is 0.214. The highest BCUT2D eigenvalue weighted by Gasteiger charge is 2.35. The van der Waals surface area contributed by atoms with Crippen molar-refractivity contribution in [2.45, 2.75) is 26.4 Å². The van der Waals surface area contributed by atoms with Crippen LogP contribution in [0.4, 0.5) is 18.9 Å². The number of ether oxygens (including phenoxy) is 2. The molecule has 0 saturated carbocycles. The summed E-state index contributed by atoms with van der Waals surface area (Å²) in [5, 5.41) is 3.08. The van der Waals surface area contributed by atoms with Crippen LogP contribution in [0.25, 0.3) is 22.1 Å². The molecule has 0 atom stereocenters. The van der Waals surface area contributed by atoms with Gasteiger partial charge in [0.2, 0.25) is 5.91 Å². The van der Waals surface area contributed by atoms with Crippen molar-refractivity contribution in [1.82, 2.24) is 0 Å². The molecular formula is C28H23ClF3NO5. The maximum Gasteiger partial charge on any atom is 0.417 e. The monoisotopic (exact) mass is 545 g/mol. The summed E-state index contributed by atoms with van der Waals surface area (Å²) in [5.74, 6) is -0.00365. The molecule has 1 aromatic heterocycles. The van der Waals surface area contributed by atoms with E-state index in [2.05, 4.69) is 5.32 Å². The lowest BCUT2D eigenvalue weighted by molar-refractivity contribution is -0.137. The van der Waals surface area contributed by atoms with E-state index in [1.807, 2.05) is 0 Å². The molecule has 198 valence electrons. The maximum atomic E-state index is 14.0. The Morgan fingerprint density at radius 2 is 1.63 bits per heavy atom. The number of hydrogen-bond donors (Lipinski definition) is 1. The molecule has 1 N–H and O–H groups in total. The summed E-state index contributed by atoms with van der Waals surface area (Å²) in [6, 6.07) is 14.1. The molecule has 0 aliphatic heterocycles. The van der Waals surface area contributed by atoms with Crippen molar-refractivity contribution in [2.24, 2.45) is 0 Å². The highest BCUT2D eigenvalue weighted by Crippen LogP contribution is 2.41. The lowest BCUT2D eigenvalue weighted by atomic mass is 9.91. The van der Waals surface area contributed by atoms with E-state index >= 15 is 0 Å². The zero-order valence-corrected chi connectivity index (χ0v) is 21.2. The molecule has 0 fully saturated rings. The Bertz CT molecular complexity index is 1520. The number of carbonyl (C=O) groups excluding carboxylic acids is 1. The average Bonchev–Trinajstić information content (AvgIpc) is 2.86. The van der Waals surface area contributed by atoms with Crippen LogP contribution in [-0.2, 0) is 17.4 Å². The van der Waals surface area contributed by atoms with Crippen LogP contribution in [0.15, 0.2) is 69.9 Å². The van der Waals surface area contributed by atoms with E-state index in [-0.39, 0.29) is 38.4 Å². The van der Waals surface area contributed by atoms with Crippen LogP contribution in [0, 0.1) is 0 Å². The molecule has 1 amide bonds. The fourth-order valence-electron chi connectivity index (χ4n) is 4.16. The number of anilines is 1. The number of benzene rings is 3. The zero-order chi connectivity index (χ0) is 27.4. The summed E-state index contributed by atoms with van der Waals surface area (Å²) >= 11 is 6.16. The largest absolute Gasteiger partial charge is 0.492 e. The highest BCUT2D eigenvalue weighted by molar-refractivity contribution is 6.31. The minimum absolute atomic E-state index is 0.0378. The van der Waals surface area contributed by atoms with Gasteiger partial charge in [-0.3, -0.25) is 4.79 Å². The van der Waals surface area contributed by atoms with E-state index in [9.17, 15) is 22.8 Å². The molecule has 0 aliphatic rings. The lowest BCUT2D eigenvalue weighted by Crippen LogP contribution is -2.22. The normalized spacial score (nSPS) is 11.4. The molecule has 4 aromatic rings. The van der Waals surface area contributed by atoms with Crippen molar-refractivity contribution in [2.75, 3.05) is 18.5 Å². The van der Waals surface area contributed by atoms with Gasteiger partial charge in [-0.25, -0.2) is 4.79 Å². The van der Waals surface area contributed by atoms with Crippen LogP contribution < -0.4 is 20.4 Å². The predicted molar refractivity (Wildman–Crippen MR) is 139 cm³/mol. The number of fused-ring (bicyclic) bond motifs is 1. The Labute approximate surface area is 220 Å². The Kier molecular flexibility index (Phi) is 7.97. The second kappa shape index (κ2) is 11.2. The Morgan fingerprint density at radius 3 is 2.26 bits per heavy atom. The van der Waals surface area contributed by atoms with Gasteiger partial charge in [0, 0.05) is 16.0 Å². The van der Waals surface area contributed by atoms with E-state index in [0.29, 0.717) is 24.7 Å². The maximum absolute atomic E-state index is 14.0. The van der Waals surface area contributed by atoms with Gasteiger partial charge in [0.25, 0.3) is 0 Å². The molecule has 0 radical (unpaired) electrons. The van der Waals surface area contributed by atoms with Gasteiger partial charge in [0.1, 0.15) is 22.8 Å². The highest BCUT2D eigenvalue weighted by atomic mass is 35.5. The minimum Gasteiger partial charge on any atom is -0.492 e. The fourth-order valence-corrected chi connectivity index (χ4v) is 4.33. The third-order valence-corrected chi connectivity index (χ3v) is 5.89. The molecule has 0 unspecified atom stereocenters. The molecule has 6 nitrogen and oxygen atoms in total. The first-order valence-corrected chi connectivity index (χ1v) is 12.1. The van der Waals surface area contributed by atoms with Crippen LogP contribution in [0.3, 0.4) is 0 Å². The van der Waals surface area contributed by atoms with Crippen molar-refractivity contribution in [1.29, 1.82) is 0 Å². The van der Waals surface area contributed by atoms with Crippen LogP contribution in [-0.4, -0.2) is 19.1 Å². The summed E-state index contributed by atoms with van der Waals surface area (Å²) in [7, 11) is 0. The smallest absolute Gasteiger partial charge is 0.417 e. The molecule has 4 rings (SSSR count). The van der Waals surface area contributed by atoms with Crippen molar-refractivity contribution in [3.8, 4) is 22.6 Å². The summed E-state index contributed by atoms with van der Waals surface area (Å²) in [5.41, 5.74) is -2.22. The van der Waals surface area contributed by atoms with E-state index in [4.69, 9.17) is 25.5 Å². The van der Waals surface area contributed by atoms with E-state index < -0.39 is 29.7 Å². The second-order valence-corrected chi connectivity index (χ2v) is 8.58. The molecule has 38 heavy (non-hydrogen) atoms. The first-order valence-electron chi connectivity index (χ1n) is 11.7. The third-order valence-electron chi connectivity index (χ3n) is 5.65. The Morgan fingerprint density at radius 1 is 0.974 bits per heavy atom. The molecule has 10 heteroatoms. The van der Waals surface area contributed by atoms with E-state index in [0.717, 1.165) is 6.07 Å². The molecule has 1 heterocycles. The third kappa shape index (κ3) is 5.62.